The lowest BCUT2D eigenvalue weighted by Crippen LogP contribution is -2.41. The van der Waals surface area contributed by atoms with Crippen LogP contribution in [0.3, 0.4) is 0 Å². The van der Waals surface area contributed by atoms with E-state index in [1.165, 1.54) is 30.5 Å². The number of benzene rings is 3. The molecule has 3 aromatic carbocycles. The Morgan fingerprint density at radius 2 is 1.53 bits per heavy atom. The zero-order chi connectivity index (χ0) is 26.2. The molecule has 1 unspecified atom stereocenters. The first-order valence-electron chi connectivity index (χ1n) is 14.2. The van der Waals surface area contributed by atoms with Gasteiger partial charge in [-0.1, -0.05) is 60.7 Å². The summed E-state index contributed by atoms with van der Waals surface area (Å²) in [6.45, 7) is 7.92. The van der Waals surface area contributed by atoms with E-state index in [0.29, 0.717) is 12.5 Å². The number of rotatable bonds is 12. The van der Waals surface area contributed by atoms with Crippen molar-refractivity contribution in [3.63, 3.8) is 0 Å². The summed E-state index contributed by atoms with van der Waals surface area (Å²) in [5.41, 5.74) is 3.55. The molecule has 0 aromatic heterocycles. The fourth-order valence-corrected chi connectivity index (χ4v) is 5.92. The lowest BCUT2D eigenvalue weighted by molar-refractivity contribution is -0.117. The lowest BCUT2D eigenvalue weighted by atomic mass is 10.1. The van der Waals surface area contributed by atoms with Crippen molar-refractivity contribution < 1.29 is 9.53 Å². The summed E-state index contributed by atoms with van der Waals surface area (Å²) in [7, 11) is 0. The second kappa shape index (κ2) is 13.1. The molecular formula is C33H41N3O2. The van der Waals surface area contributed by atoms with Crippen molar-refractivity contribution in [2.75, 3.05) is 31.1 Å². The molecule has 5 rings (SSSR count). The number of hydrogen-bond acceptors (Lipinski definition) is 4. The topological polar surface area (TPSA) is 36.0 Å². The Hall–Kier alpha value is -3.15. The third-order valence-corrected chi connectivity index (χ3v) is 7.96. The van der Waals surface area contributed by atoms with Crippen molar-refractivity contribution in [1.82, 2.24) is 9.80 Å². The van der Waals surface area contributed by atoms with E-state index >= 15 is 0 Å². The second-order valence-corrected chi connectivity index (χ2v) is 10.8. The van der Waals surface area contributed by atoms with Gasteiger partial charge in [-0.05, 0) is 74.5 Å². The van der Waals surface area contributed by atoms with Crippen molar-refractivity contribution in [1.29, 1.82) is 0 Å². The Kier molecular flexibility index (Phi) is 9.11. The zero-order valence-electron chi connectivity index (χ0n) is 22.7. The molecule has 0 aliphatic carbocycles. The summed E-state index contributed by atoms with van der Waals surface area (Å²) >= 11 is 0. The van der Waals surface area contributed by atoms with Crippen LogP contribution in [0.15, 0.2) is 84.9 Å². The summed E-state index contributed by atoms with van der Waals surface area (Å²) in [6.07, 6.45) is 5.15. The van der Waals surface area contributed by atoms with Gasteiger partial charge in [0.1, 0.15) is 5.75 Å². The van der Waals surface area contributed by atoms with E-state index in [4.69, 9.17) is 4.74 Å². The predicted molar refractivity (Wildman–Crippen MR) is 154 cm³/mol. The Labute approximate surface area is 228 Å². The molecule has 0 radical (unpaired) electrons. The zero-order valence-corrected chi connectivity index (χ0v) is 22.7. The maximum Gasteiger partial charge on any atom is 0.227 e. The number of carbonyl (C=O) groups is 1. The van der Waals surface area contributed by atoms with Gasteiger partial charge in [-0.25, -0.2) is 0 Å². The van der Waals surface area contributed by atoms with Crippen LogP contribution in [-0.2, 0) is 17.9 Å². The van der Waals surface area contributed by atoms with E-state index in [2.05, 4.69) is 77.4 Å². The standard InChI is InChI=1S/C33H41N3O2/c1-27-10-8-21-35(27)22-9-23-38-32-18-15-30(16-19-32)36-31(17-20-33(36)37)26-34(24-28-11-4-2-5-12-28)25-29-13-6-3-7-14-29/h2-7,11-16,18-19,27,31H,8-10,17,20-26H2,1H3/t27?,31-/m0/s1. The van der Waals surface area contributed by atoms with Gasteiger partial charge in [-0.3, -0.25) is 9.69 Å². The largest absolute Gasteiger partial charge is 0.494 e. The van der Waals surface area contributed by atoms with Crippen molar-refractivity contribution in [2.45, 2.75) is 64.2 Å². The number of amides is 1. The Morgan fingerprint density at radius 3 is 2.13 bits per heavy atom. The van der Waals surface area contributed by atoms with E-state index in [1.807, 2.05) is 29.2 Å². The lowest BCUT2D eigenvalue weighted by Gasteiger charge is -2.31. The highest BCUT2D eigenvalue weighted by Crippen LogP contribution is 2.29. The molecule has 5 heteroatoms. The first kappa shape index (κ1) is 26.5. The van der Waals surface area contributed by atoms with Crippen LogP contribution in [0.25, 0.3) is 0 Å². The van der Waals surface area contributed by atoms with Crippen LogP contribution in [0.1, 0.15) is 50.2 Å². The fourth-order valence-electron chi connectivity index (χ4n) is 5.92. The van der Waals surface area contributed by atoms with Crippen LogP contribution in [0.4, 0.5) is 5.69 Å². The third-order valence-electron chi connectivity index (χ3n) is 7.96. The Balaban J connectivity index is 1.20. The molecule has 3 aromatic rings. The molecule has 200 valence electrons. The van der Waals surface area contributed by atoms with Gasteiger partial charge in [0.25, 0.3) is 0 Å². The van der Waals surface area contributed by atoms with Gasteiger partial charge < -0.3 is 14.5 Å². The van der Waals surface area contributed by atoms with Crippen molar-refractivity contribution in [3.05, 3.63) is 96.1 Å². The molecule has 2 heterocycles. The molecule has 2 aliphatic heterocycles. The first-order chi connectivity index (χ1) is 18.7. The summed E-state index contributed by atoms with van der Waals surface area (Å²) in [5.74, 6) is 1.09. The molecule has 5 nitrogen and oxygen atoms in total. The number of nitrogens with zero attached hydrogens (tertiary/aromatic N) is 3. The van der Waals surface area contributed by atoms with Gasteiger partial charge in [-0.2, -0.15) is 0 Å². The van der Waals surface area contributed by atoms with Crippen molar-refractivity contribution in [2.24, 2.45) is 0 Å². The SMILES string of the molecule is CC1CCCN1CCCOc1ccc(N2C(=O)CC[C@H]2CN(Cc2ccccc2)Cc2ccccc2)cc1. The maximum absolute atomic E-state index is 13.0. The maximum atomic E-state index is 13.0. The molecule has 2 saturated heterocycles. The smallest absolute Gasteiger partial charge is 0.227 e. The highest BCUT2D eigenvalue weighted by Gasteiger charge is 2.33. The molecule has 0 bridgehead atoms. The van der Waals surface area contributed by atoms with Crippen LogP contribution in [0, 0.1) is 0 Å². The molecule has 0 N–H and O–H groups in total. The van der Waals surface area contributed by atoms with E-state index in [-0.39, 0.29) is 11.9 Å². The monoisotopic (exact) mass is 511 g/mol. The number of anilines is 1. The quantitative estimate of drug-likeness (QED) is 0.274. The Morgan fingerprint density at radius 1 is 0.868 bits per heavy atom. The summed E-state index contributed by atoms with van der Waals surface area (Å²) < 4.78 is 6.03. The van der Waals surface area contributed by atoms with Crippen LogP contribution in [0.5, 0.6) is 5.75 Å². The van der Waals surface area contributed by atoms with Gasteiger partial charge in [0.2, 0.25) is 5.91 Å². The van der Waals surface area contributed by atoms with Crippen LogP contribution in [0.2, 0.25) is 0 Å². The summed E-state index contributed by atoms with van der Waals surface area (Å²) in [4.78, 5) is 20.1. The number of hydrogen-bond donors (Lipinski definition) is 0. The average Bonchev–Trinajstić information content (AvgIpc) is 3.52. The Bertz CT molecular complexity index is 1090. The fraction of sp³-hybridized carbons (Fsp3) is 0.424. The van der Waals surface area contributed by atoms with E-state index < -0.39 is 0 Å². The number of carbonyl (C=O) groups excluding carboxylic acids is 1. The number of ether oxygens (including phenoxy) is 1. The minimum Gasteiger partial charge on any atom is -0.494 e. The minimum absolute atomic E-state index is 0.157. The van der Waals surface area contributed by atoms with Gasteiger partial charge in [0.15, 0.2) is 0 Å². The van der Waals surface area contributed by atoms with Gasteiger partial charge in [0.05, 0.1) is 12.6 Å². The first-order valence-corrected chi connectivity index (χ1v) is 14.2. The number of likely N-dealkylation sites (tertiary alicyclic amines) is 1. The van der Waals surface area contributed by atoms with E-state index in [1.54, 1.807) is 0 Å². The summed E-state index contributed by atoms with van der Waals surface area (Å²) in [5, 5.41) is 0. The van der Waals surface area contributed by atoms with E-state index in [0.717, 1.165) is 57.1 Å². The van der Waals surface area contributed by atoms with Crippen molar-refractivity contribution >= 4 is 11.6 Å². The molecular weight excluding hydrogens is 470 g/mol. The normalized spacial score (nSPS) is 19.9. The van der Waals surface area contributed by atoms with Crippen LogP contribution >= 0.6 is 0 Å². The molecule has 38 heavy (non-hydrogen) atoms. The molecule has 2 atom stereocenters. The third kappa shape index (κ3) is 7.03. The molecule has 0 spiro atoms. The van der Waals surface area contributed by atoms with Gasteiger partial charge in [-0.15, -0.1) is 0 Å². The molecule has 0 saturated carbocycles. The molecule has 2 aliphatic rings. The predicted octanol–water partition coefficient (Wildman–Crippen LogP) is 6.14. The summed E-state index contributed by atoms with van der Waals surface area (Å²) in [6, 6.07) is 30.2. The van der Waals surface area contributed by atoms with Crippen molar-refractivity contribution in [3.8, 4) is 5.75 Å². The minimum atomic E-state index is 0.157. The van der Waals surface area contributed by atoms with Crippen LogP contribution < -0.4 is 9.64 Å². The highest BCUT2D eigenvalue weighted by molar-refractivity contribution is 5.96. The van der Waals surface area contributed by atoms with E-state index in [9.17, 15) is 4.79 Å². The van der Waals surface area contributed by atoms with Crippen LogP contribution in [-0.4, -0.2) is 54.0 Å². The molecule has 2 fully saturated rings. The second-order valence-electron chi connectivity index (χ2n) is 10.8. The molecule has 1 amide bonds. The highest BCUT2D eigenvalue weighted by atomic mass is 16.5. The van der Waals surface area contributed by atoms with Gasteiger partial charge >= 0.3 is 0 Å². The van der Waals surface area contributed by atoms with Gasteiger partial charge in [0, 0.05) is 44.3 Å². The average molecular weight is 512 g/mol.